The molecule has 0 aromatic rings. The number of hydrogen-bond donors (Lipinski definition) is 1. The van der Waals surface area contributed by atoms with Crippen LogP contribution in [0.2, 0.25) is 0 Å². The molecule has 1 aliphatic rings. The molecule has 1 fully saturated rings. The van der Waals surface area contributed by atoms with Crippen LogP contribution in [0.1, 0.15) is 19.8 Å². The largest absolute Gasteiger partial charge is 0.468 e. The molecule has 0 saturated carbocycles. The molecule has 1 aliphatic heterocycles. The third-order valence-corrected chi connectivity index (χ3v) is 3.38. The van der Waals surface area contributed by atoms with Crippen molar-refractivity contribution in [1.29, 1.82) is 0 Å². The van der Waals surface area contributed by atoms with Gasteiger partial charge in [0.1, 0.15) is 6.04 Å². The highest BCUT2D eigenvalue weighted by Gasteiger charge is 2.22. The minimum Gasteiger partial charge on any atom is -0.468 e. The van der Waals surface area contributed by atoms with E-state index in [0.717, 1.165) is 52.1 Å². The van der Waals surface area contributed by atoms with Crippen molar-refractivity contribution in [2.24, 2.45) is 0 Å². The summed E-state index contributed by atoms with van der Waals surface area (Å²) in [6, 6.07) is -0.196. The third-order valence-electron chi connectivity index (χ3n) is 3.38. The summed E-state index contributed by atoms with van der Waals surface area (Å²) in [6.45, 7) is 8.00. The van der Waals surface area contributed by atoms with E-state index in [1.54, 1.807) is 0 Å². The van der Waals surface area contributed by atoms with Gasteiger partial charge in [-0.05, 0) is 39.5 Å². The number of hydrogen-bond acceptors (Lipinski definition) is 5. The number of nitrogens with one attached hydrogen (secondary N) is 1. The summed E-state index contributed by atoms with van der Waals surface area (Å²) in [6.07, 6.45) is 2.19. The van der Waals surface area contributed by atoms with E-state index < -0.39 is 0 Å². The molecule has 18 heavy (non-hydrogen) atoms. The fraction of sp³-hybridized carbons (Fsp3) is 0.923. The van der Waals surface area contributed by atoms with Crippen LogP contribution in [-0.4, -0.2) is 75.2 Å². The first-order valence-corrected chi connectivity index (χ1v) is 6.89. The Hall–Kier alpha value is -0.650. The summed E-state index contributed by atoms with van der Waals surface area (Å²) in [5.41, 5.74) is 0. The number of ether oxygens (including phenoxy) is 1. The van der Waals surface area contributed by atoms with Gasteiger partial charge in [-0.3, -0.25) is 9.69 Å². The molecule has 0 amide bonds. The van der Waals surface area contributed by atoms with Gasteiger partial charge in [-0.15, -0.1) is 0 Å². The van der Waals surface area contributed by atoms with Crippen molar-refractivity contribution < 1.29 is 9.53 Å². The molecule has 1 atom stereocenters. The fourth-order valence-corrected chi connectivity index (χ4v) is 2.22. The molecule has 0 aliphatic carbocycles. The summed E-state index contributed by atoms with van der Waals surface area (Å²) in [5.74, 6) is -0.152. The van der Waals surface area contributed by atoms with Gasteiger partial charge in [0.25, 0.3) is 0 Å². The maximum atomic E-state index is 11.7. The monoisotopic (exact) mass is 257 g/mol. The second-order valence-electron chi connectivity index (χ2n) is 4.99. The lowest BCUT2D eigenvalue weighted by Gasteiger charge is -2.25. The molecule has 1 heterocycles. The van der Waals surface area contributed by atoms with Crippen molar-refractivity contribution >= 4 is 5.97 Å². The first kappa shape index (κ1) is 15.4. The number of methoxy groups -OCH3 is 1. The molecular weight excluding hydrogens is 230 g/mol. The highest BCUT2D eigenvalue weighted by Crippen LogP contribution is 2.03. The zero-order chi connectivity index (χ0) is 13.4. The average Bonchev–Trinajstić information content (AvgIpc) is 2.58. The minimum absolute atomic E-state index is 0.152. The molecule has 0 spiro atoms. The van der Waals surface area contributed by atoms with Crippen molar-refractivity contribution in [1.82, 2.24) is 15.1 Å². The standard InChI is InChI=1S/C13H27N3O2/c1-4-6-14-12(13(17)18-3)11-16-8-5-7-15(2)9-10-16/h12,14H,4-11H2,1-3H3. The number of carbonyl (C=O) groups excluding carboxylic acids is 1. The second-order valence-corrected chi connectivity index (χ2v) is 4.99. The van der Waals surface area contributed by atoms with Crippen LogP contribution in [0.15, 0.2) is 0 Å². The van der Waals surface area contributed by atoms with Gasteiger partial charge in [-0.2, -0.15) is 0 Å². The lowest BCUT2D eigenvalue weighted by atomic mass is 10.2. The minimum atomic E-state index is -0.196. The number of carbonyl (C=O) groups is 1. The zero-order valence-corrected chi connectivity index (χ0v) is 11.9. The van der Waals surface area contributed by atoms with Crippen molar-refractivity contribution in [2.45, 2.75) is 25.8 Å². The Morgan fingerprint density at radius 2 is 2.11 bits per heavy atom. The normalized spacial score (nSPS) is 20.4. The van der Waals surface area contributed by atoms with Crippen molar-refractivity contribution in [2.75, 3.05) is 53.4 Å². The molecule has 0 aromatic heterocycles. The summed E-state index contributed by atoms with van der Waals surface area (Å²) >= 11 is 0. The van der Waals surface area contributed by atoms with E-state index in [1.807, 2.05) is 0 Å². The van der Waals surface area contributed by atoms with Crippen molar-refractivity contribution in [3.63, 3.8) is 0 Å². The van der Waals surface area contributed by atoms with Crippen LogP contribution in [0.5, 0.6) is 0 Å². The number of rotatable bonds is 6. The van der Waals surface area contributed by atoms with E-state index in [1.165, 1.54) is 7.11 Å². The number of esters is 1. The SMILES string of the molecule is CCCNC(CN1CCCN(C)CC1)C(=O)OC. The Balaban J connectivity index is 2.45. The molecule has 0 aromatic carbocycles. The molecule has 5 nitrogen and oxygen atoms in total. The molecular formula is C13H27N3O2. The summed E-state index contributed by atoms with van der Waals surface area (Å²) in [7, 11) is 3.61. The highest BCUT2D eigenvalue weighted by atomic mass is 16.5. The van der Waals surface area contributed by atoms with E-state index >= 15 is 0 Å². The van der Waals surface area contributed by atoms with Gasteiger partial charge in [0.2, 0.25) is 0 Å². The van der Waals surface area contributed by atoms with Gasteiger partial charge in [0.15, 0.2) is 0 Å². The van der Waals surface area contributed by atoms with Gasteiger partial charge < -0.3 is 15.0 Å². The van der Waals surface area contributed by atoms with Crippen LogP contribution >= 0.6 is 0 Å². The summed E-state index contributed by atoms with van der Waals surface area (Å²) in [5, 5.41) is 3.27. The van der Waals surface area contributed by atoms with E-state index in [0.29, 0.717) is 0 Å². The van der Waals surface area contributed by atoms with Gasteiger partial charge >= 0.3 is 5.97 Å². The molecule has 1 saturated heterocycles. The molecule has 1 N–H and O–H groups in total. The molecule has 0 radical (unpaired) electrons. The average molecular weight is 257 g/mol. The lowest BCUT2D eigenvalue weighted by molar-refractivity contribution is -0.143. The lowest BCUT2D eigenvalue weighted by Crippen LogP contribution is -2.47. The maximum Gasteiger partial charge on any atom is 0.324 e. The third kappa shape index (κ3) is 5.33. The quantitative estimate of drug-likeness (QED) is 0.687. The van der Waals surface area contributed by atoms with Crippen LogP contribution < -0.4 is 5.32 Å². The molecule has 5 heteroatoms. The zero-order valence-electron chi connectivity index (χ0n) is 11.9. The van der Waals surface area contributed by atoms with Crippen molar-refractivity contribution in [3.8, 4) is 0 Å². The van der Waals surface area contributed by atoms with Gasteiger partial charge in [-0.1, -0.05) is 6.92 Å². The summed E-state index contributed by atoms with van der Waals surface area (Å²) in [4.78, 5) is 16.4. The maximum absolute atomic E-state index is 11.7. The number of likely N-dealkylation sites (N-methyl/N-ethyl adjacent to an activating group) is 1. The Kier molecular flexibility index (Phi) is 7.23. The van der Waals surface area contributed by atoms with Crippen LogP contribution in [0.25, 0.3) is 0 Å². The van der Waals surface area contributed by atoms with E-state index in [4.69, 9.17) is 4.74 Å². The topological polar surface area (TPSA) is 44.8 Å². The van der Waals surface area contributed by atoms with Gasteiger partial charge in [0.05, 0.1) is 7.11 Å². The molecule has 0 bridgehead atoms. The first-order chi connectivity index (χ1) is 8.67. The first-order valence-electron chi connectivity index (χ1n) is 6.89. The summed E-state index contributed by atoms with van der Waals surface area (Å²) < 4.78 is 4.86. The highest BCUT2D eigenvalue weighted by molar-refractivity contribution is 5.75. The van der Waals surface area contributed by atoms with Crippen LogP contribution in [0.4, 0.5) is 0 Å². The molecule has 1 unspecified atom stereocenters. The van der Waals surface area contributed by atoms with E-state index in [-0.39, 0.29) is 12.0 Å². The second kappa shape index (κ2) is 8.45. The van der Waals surface area contributed by atoms with Crippen LogP contribution in [0.3, 0.4) is 0 Å². The van der Waals surface area contributed by atoms with Crippen LogP contribution in [-0.2, 0) is 9.53 Å². The number of nitrogens with zero attached hydrogens (tertiary/aromatic N) is 2. The predicted octanol–water partition coefficient (Wildman–Crippen LogP) is 0.165. The Morgan fingerprint density at radius 1 is 1.33 bits per heavy atom. The Bertz CT molecular complexity index is 248. The molecule has 1 rings (SSSR count). The van der Waals surface area contributed by atoms with Gasteiger partial charge in [0, 0.05) is 19.6 Å². The van der Waals surface area contributed by atoms with Crippen LogP contribution in [0, 0.1) is 0 Å². The molecule has 106 valence electrons. The van der Waals surface area contributed by atoms with Crippen molar-refractivity contribution in [3.05, 3.63) is 0 Å². The smallest absolute Gasteiger partial charge is 0.324 e. The van der Waals surface area contributed by atoms with E-state index in [2.05, 4.69) is 29.1 Å². The van der Waals surface area contributed by atoms with Gasteiger partial charge in [-0.25, -0.2) is 0 Å². The Morgan fingerprint density at radius 3 is 2.78 bits per heavy atom. The van der Waals surface area contributed by atoms with E-state index in [9.17, 15) is 4.79 Å². The fourth-order valence-electron chi connectivity index (χ4n) is 2.22. The Labute approximate surface area is 110 Å². The predicted molar refractivity (Wildman–Crippen MR) is 72.7 cm³/mol.